The summed E-state index contributed by atoms with van der Waals surface area (Å²) < 4.78 is 44.2. The van der Waals surface area contributed by atoms with Crippen molar-refractivity contribution in [2.24, 2.45) is 0 Å². The monoisotopic (exact) mass is 469 g/mol. The minimum absolute atomic E-state index is 0.0435. The maximum atomic E-state index is 13.0. The Hall–Kier alpha value is -4.34. The van der Waals surface area contributed by atoms with Gasteiger partial charge in [-0.1, -0.05) is 30.3 Å². The second-order valence-corrected chi connectivity index (χ2v) is 7.36. The Balaban J connectivity index is 1.49. The van der Waals surface area contributed by atoms with Gasteiger partial charge in [-0.2, -0.15) is 13.2 Å². The van der Waals surface area contributed by atoms with Crippen LogP contribution in [0.4, 0.5) is 30.2 Å². The zero-order valence-electron chi connectivity index (χ0n) is 17.6. The maximum absolute atomic E-state index is 13.0. The number of nitrogens with zero attached hydrogens (tertiary/aromatic N) is 1. The molecule has 0 saturated heterocycles. The fraction of sp³-hybridized carbons (Fsp3) is 0.125. The highest BCUT2D eigenvalue weighted by Crippen LogP contribution is 2.32. The second-order valence-electron chi connectivity index (χ2n) is 7.36. The van der Waals surface area contributed by atoms with E-state index in [0.29, 0.717) is 11.4 Å². The molecule has 3 aromatic rings. The highest BCUT2D eigenvalue weighted by atomic mass is 19.4. The first-order chi connectivity index (χ1) is 16.2. The van der Waals surface area contributed by atoms with Gasteiger partial charge in [-0.05, 0) is 42.5 Å². The van der Waals surface area contributed by atoms with E-state index in [2.05, 4.69) is 10.6 Å². The van der Waals surface area contributed by atoms with E-state index in [1.165, 1.54) is 29.2 Å². The van der Waals surface area contributed by atoms with E-state index >= 15 is 0 Å². The first-order valence-electron chi connectivity index (χ1n) is 10.1. The number of para-hydroxylation sites is 3. The molecule has 0 aromatic heterocycles. The van der Waals surface area contributed by atoms with Gasteiger partial charge in [0.25, 0.3) is 11.8 Å². The molecule has 3 amide bonds. The van der Waals surface area contributed by atoms with Gasteiger partial charge < -0.3 is 15.4 Å². The number of amides is 3. The van der Waals surface area contributed by atoms with Crippen molar-refractivity contribution in [3.05, 3.63) is 83.9 Å². The van der Waals surface area contributed by atoms with E-state index in [1.54, 1.807) is 36.4 Å². The molecule has 0 radical (unpaired) electrons. The van der Waals surface area contributed by atoms with E-state index in [1.807, 2.05) is 0 Å². The Morgan fingerprint density at radius 2 is 1.68 bits per heavy atom. The number of carbonyl (C=O) groups is 3. The van der Waals surface area contributed by atoms with Gasteiger partial charge >= 0.3 is 6.18 Å². The zero-order chi connectivity index (χ0) is 24.3. The quantitative estimate of drug-likeness (QED) is 0.583. The summed E-state index contributed by atoms with van der Waals surface area (Å²) in [6, 6.07) is 17.1. The first-order valence-corrected chi connectivity index (χ1v) is 10.1. The molecule has 2 N–H and O–H groups in total. The summed E-state index contributed by atoms with van der Waals surface area (Å²) in [6.45, 7) is -0.525. The van der Waals surface area contributed by atoms with Crippen LogP contribution in [-0.2, 0) is 15.8 Å². The van der Waals surface area contributed by atoms with Crippen LogP contribution in [0.2, 0.25) is 0 Å². The molecule has 0 atom stereocenters. The Labute approximate surface area is 192 Å². The average molecular weight is 469 g/mol. The summed E-state index contributed by atoms with van der Waals surface area (Å²) in [6.07, 6.45) is -4.55. The third-order valence-corrected chi connectivity index (χ3v) is 5.00. The van der Waals surface area contributed by atoms with Crippen LogP contribution >= 0.6 is 0 Å². The number of halogens is 3. The van der Waals surface area contributed by atoms with Gasteiger partial charge in [-0.15, -0.1) is 0 Å². The average Bonchev–Trinajstić information content (AvgIpc) is 2.81. The molecule has 34 heavy (non-hydrogen) atoms. The van der Waals surface area contributed by atoms with Gasteiger partial charge in [0, 0.05) is 5.69 Å². The Morgan fingerprint density at radius 1 is 0.941 bits per heavy atom. The lowest BCUT2D eigenvalue weighted by Gasteiger charge is -2.28. The van der Waals surface area contributed by atoms with Gasteiger partial charge in [0.1, 0.15) is 12.3 Å². The number of carbonyl (C=O) groups excluding carboxylic acids is 3. The predicted octanol–water partition coefficient (Wildman–Crippen LogP) is 4.32. The van der Waals surface area contributed by atoms with E-state index < -0.39 is 29.5 Å². The van der Waals surface area contributed by atoms with Crippen molar-refractivity contribution in [2.45, 2.75) is 6.18 Å². The Kier molecular flexibility index (Phi) is 6.22. The van der Waals surface area contributed by atoms with Crippen LogP contribution in [-0.4, -0.2) is 30.9 Å². The number of alkyl halides is 3. The molecule has 0 saturated carbocycles. The molecular formula is C24H18F3N3O4. The van der Waals surface area contributed by atoms with Gasteiger partial charge in [0.15, 0.2) is 6.61 Å². The lowest BCUT2D eigenvalue weighted by atomic mass is 10.1. The van der Waals surface area contributed by atoms with Gasteiger partial charge in [-0.25, -0.2) is 0 Å². The lowest BCUT2D eigenvalue weighted by molar-refractivity contribution is -0.137. The van der Waals surface area contributed by atoms with Gasteiger partial charge in [-0.3, -0.25) is 19.3 Å². The molecule has 1 heterocycles. The van der Waals surface area contributed by atoms with Crippen molar-refractivity contribution in [3.8, 4) is 5.75 Å². The third kappa shape index (κ3) is 5.01. The number of benzene rings is 3. The highest BCUT2D eigenvalue weighted by Gasteiger charge is 2.31. The fourth-order valence-corrected chi connectivity index (χ4v) is 3.42. The van der Waals surface area contributed by atoms with E-state index in [4.69, 9.17) is 4.74 Å². The molecule has 0 bridgehead atoms. The molecule has 0 fully saturated rings. The molecule has 1 aliphatic rings. The molecule has 4 rings (SSSR count). The molecule has 0 spiro atoms. The molecule has 0 aliphatic carbocycles. The topological polar surface area (TPSA) is 87.7 Å². The number of anilines is 3. The number of fused-ring (bicyclic) bond motifs is 1. The van der Waals surface area contributed by atoms with E-state index in [-0.39, 0.29) is 30.1 Å². The summed E-state index contributed by atoms with van der Waals surface area (Å²) in [5.74, 6) is -1.20. The summed E-state index contributed by atoms with van der Waals surface area (Å²) in [7, 11) is 0. The maximum Gasteiger partial charge on any atom is 0.416 e. The second kappa shape index (κ2) is 9.26. The van der Waals surface area contributed by atoms with Gasteiger partial charge in [0.2, 0.25) is 5.91 Å². The SMILES string of the molecule is O=C(CN1C(=O)COc2ccccc21)Nc1ccccc1C(=O)Nc1cccc(C(F)(F)F)c1. The van der Waals surface area contributed by atoms with Crippen molar-refractivity contribution in [1.29, 1.82) is 0 Å². The van der Waals surface area contributed by atoms with Crippen molar-refractivity contribution in [2.75, 3.05) is 28.7 Å². The van der Waals surface area contributed by atoms with Gasteiger partial charge in [0.05, 0.1) is 22.5 Å². The fourth-order valence-electron chi connectivity index (χ4n) is 3.42. The minimum atomic E-state index is -4.55. The highest BCUT2D eigenvalue weighted by molar-refractivity contribution is 6.11. The van der Waals surface area contributed by atoms with Crippen LogP contribution < -0.4 is 20.3 Å². The number of nitrogens with one attached hydrogen (secondary N) is 2. The molecule has 10 heteroatoms. The van der Waals surface area contributed by atoms with Crippen molar-refractivity contribution >= 4 is 34.8 Å². The number of ether oxygens (including phenoxy) is 1. The third-order valence-electron chi connectivity index (χ3n) is 5.00. The van der Waals surface area contributed by atoms with Crippen LogP contribution in [0.5, 0.6) is 5.75 Å². The van der Waals surface area contributed by atoms with E-state index in [0.717, 1.165) is 12.1 Å². The molecular weight excluding hydrogens is 451 g/mol. The normalized spacial score (nSPS) is 13.0. The van der Waals surface area contributed by atoms with Crippen LogP contribution in [0.25, 0.3) is 0 Å². The molecule has 3 aromatic carbocycles. The molecule has 0 unspecified atom stereocenters. The van der Waals surface area contributed by atoms with Crippen molar-refractivity contribution < 1.29 is 32.3 Å². The molecule has 1 aliphatic heterocycles. The first kappa shape index (κ1) is 22.8. The Morgan fingerprint density at radius 3 is 2.47 bits per heavy atom. The van der Waals surface area contributed by atoms with Crippen molar-refractivity contribution in [3.63, 3.8) is 0 Å². The zero-order valence-corrected chi connectivity index (χ0v) is 17.6. The minimum Gasteiger partial charge on any atom is -0.482 e. The number of hydrogen-bond donors (Lipinski definition) is 2. The van der Waals surface area contributed by atoms with Crippen LogP contribution in [0.1, 0.15) is 15.9 Å². The molecule has 7 nitrogen and oxygen atoms in total. The van der Waals surface area contributed by atoms with Crippen LogP contribution in [0, 0.1) is 0 Å². The largest absolute Gasteiger partial charge is 0.482 e. The number of hydrogen-bond acceptors (Lipinski definition) is 4. The summed E-state index contributed by atoms with van der Waals surface area (Å²) in [4.78, 5) is 39.1. The van der Waals surface area contributed by atoms with Crippen LogP contribution in [0.15, 0.2) is 72.8 Å². The Bertz CT molecular complexity index is 1260. The number of rotatable bonds is 5. The molecule has 174 valence electrons. The van der Waals surface area contributed by atoms with Crippen molar-refractivity contribution in [1.82, 2.24) is 0 Å². The smallest absolute Gasteiger partial charge is 0.416 e. The predicted molar refractivity (Wildman–Crippen MR) is 119 cm³/mol. The van der Waals surface area contributed by atoms with Crippen LogP contribution in [0.3, 0.4) is 0 Å². The lowest BCUT2D eigenvalue weighted by Crippen LogP contribution is -2.43. The standard InChI is InChI=1S/C24H18F3N3O4/c25-24(26,27)15-6-5-7-16(12-15)28-23(33)17-8-1-2-9-18(17)29-21(31)13-30-19-10-3-4-11-20(19)34-14-22(30)32/h1-12H,13-14H2,(H,28,33)(H,29,31). The van der Waals surface area contributed by atoms with E-state index in [9.17, 15) is 27.6 Å². The summed E-state index contributed by atoms with van der Waals surface area (Å²) in [5.41, 5.74) is -0.309. The summed E-state index contributed by atoms with van der Waals surface area (Å²) in [5, 5.41) is 5.01. The summed E-state index contributed by atoms with van der Waals surface area (Å²) >= 11 is 0.